The van der Waals surface area contributed by atoms with Crippen molar-refractivity contribution in [1.29, 1.82) is 0 Å². The Labute approximate surface area is 125 Å². The minimum absolute atomic E-state index is 0.0306. The molecule has 21 heavy (non-hydrogen) atoms. The first kappa shape index (κ1) is 17.1. The molecule has 0 amide bonds. The quantitative estimate of drug-likeness (QED) is 0.474. The lowest BCUT2D eigenvalue weighted by Crippen LogP contribution is -2.32. The van der Waals surface area contributed by atoms with E-state index in [0.29, 0.717) is 11.1 Å². The SMILES string of the molecule is C#CCN(CC)S(=O)(=O)c1c(C)cc(C)c([N+](=O)[O-])c1C. The van der Waals surface area contributed by atoms with Crippen LogP contribution in [0.15, 0.2) is 11.0 Å². The van der Waals surface area contributed by atoms with Gasteiger partial charge in [0.15, 0.2) is 0 Å². The van der Waals surface area contributed by atoms with Crippen LogP contribution in [0.5, 0.6) is 0 Å². The lowest BCUT2D eigenvalue weighted by Gasteiger charge is -2.21. The third kappa shape index (κ3) is 3.06. The molecule has 114 valence electrons. The van der Waals surface area contributed by atoms with Gasteiger partial charge in [-0.1, -0.05) is 12.8 Å². The van der Waals surface area contributed by atoms with Gasteiger partial charge in [-0.25, -0.2) is 8.42 Å². The van der Waals surface area contributed by atoms with Crippen LogP contribution in [0.4, 0.5) is 5.69 Å². The van der Waals surface area contributed by atoms with E-state index in [9.17, 15) is 18.5 Å². The second-order valence-corrected chi connectivity index (χ2v) is 6.58. The molecule has 7 heteroatoms. The molecule has 1 aromatic carbocycles. The van der Waals surface area contributed by atoms with Crippen LogP contribution in [0.1, 0.15) is 23.6 Å². The molecule has 0 heterocycles. The molecule has 0 fully saturated rings. The Morgan fingerprint density at radius 2 is 1.90 bits per heavy atom. The average Bonchev–Trinajstić information content (AvgIpc) is 2.33. The van der Waals surface area contributed by atoms with Crippen molar-refractivity contribution in [3.63, 3.8) is 0 Å². The number of nitro groups is 1. The molecule has 0 spiro atoms. The number of sulfonamides is 1. The summed E-state index contributed by atoms with van der Waals surface area (Å²) in [6.45, 7) is 6.47. The fraction of sp³-hybridized carbons (Fsp3) is 0.429. The zero-order chi connectivity index (χ0) is 16.4. The van der Waals surface area contributed by atoms with E-state index in [1.165, 1.54) is 13.0 Å². The second kappa shape index (κ2) is 6.24. The summed E-state index contributed by atoms with van der Waals surface area (Å²) in [7, 11) is -3.86. The van der Waals surface area contributed by atoms with Gasteiger partial charge in [0.2, 0.25) is 10.0 Å². The van der Waals surface area contributed by atoms with Crippen molar-refractivity contribution in [3.05, 3.63) is 32.9 Å². The zero-order valence-electron chi connectivity index (χ0n) is 12.5. The summed E-state index contributed by atoms with van der Waals surface area (Å²) in [5.74, 6) is 2.30. The molecule has 0 atom stereocenters. The molecule has 0 N–H and O–H groups in total. The number of aryl methyl sites for hydroxylation is 2. The number of nitrogens with zero attached hydrogens (tertiary/aromatic N) is 2. The molecule has 0 radical (unpaired) electrons. The number of hydrogen-bond donors (Lipinski definition) is 0. The van der Waals surface area contributed by atoms with Gasteiger partial charge in [-0.15, -0.1) is 6.42 Å². The highest BCUT2D eigenvalue weighted by molar-refractivity contribution is 7.89. The van der Waals surface area contributed by atoms with E-state index in [-0.39, 0.29) is 29.2 Å². The zero-order valence-corrected chi connectivity index (χ0v) is 13.3. The molecule has 0 saturated heterocycles. The Morgan fingerprint density at radius 1 is 1.33 bits per heavy atom. The van der Waals surface area contributed by atoms with E-state index in [4.69, 9.17) is 6.42 Å². The maximum Gasteiger partial charge on any atom is 0.276 e. The van der Waals surface area contributed by atoms with Gasteiger partial charge in [0.05, 0.1) is 16.4 Å². The van der Waals surface area contributed by atoms with Crippen LogP contribution >= 0.6 is 0 Å². The Balaban J connectivity index is 3.68. The molecule has 1 rings (SSSR count). The average molecular weight is 310 g/mol. The first-order chi connectivity index (χ1) is 9.68. The fourth-order valence-corrected chi connectivity index (χ4v) is 4.23. The first-order valence-corrected chi connectivity index (χ1v) is 7.81. The third-order valence-corrected chi connectivity index (χ3v) is 5.47. The summed E-state index contributed by atoms with van der Waals surface area (Å²) in [5.41, 5.74) is 0.893. The van der Waals surface area contributed by atoms with E-state index in [2.05, 4.69) is 5.92 Å². The number of rotatable bonds is 5. The van der Waals surface area contributed by atoms with Gasteiger partial charge in [0, 0.05) is 17.7 Å². The van der Waals surface area contributed by atoms with Gasteiger partial charge >= 0.3 is 0 Å². The molecular weight excluding hydrogens is 292 g/mol. The van der Waals surface area contributed by atoms with Crippen LogP contribution in [0.2, 0.25) is 0 Å². The van der Waals surface area contributed by atoms with E-state index in [1.54, 1.807) is 20.8 Å². The van der Waals surface area contributed by atoms with Crippen molar-refractivity contribution in [2.24, 2.45) is 0 Å². The fourth-order valence-electron chi connectivity index (χ4n) is 2.43. The van der Waals surface area contributed by atoms with Crippen LogP contribution < -0.4 is 0 Å². The first-order valence-electron chi connectivity index (χ1n) is 6.37. The van der Waals surface area contributed by atoms with Gasteiger partial charge in [0.1, 0.15) is 0 Å². The highest BCUT2D eigenvalue weighted by Crippen LogP contribution is 2.33. The molecule has 0 bridgehead atoms. The predicted octanol–water partition coefficient (Wildman–Crippen LogP) is 2.16. The van der Waals surface area contributed by atoms with Crippen LogP contribution in [0.3, 0.4) is 0 Å². The molecular formula is C14H18N2O4S. The molecule has 0 aliphatic heterocycles. The number of benzene rings is 1. The van der Waals surface area contributed by atoms with E-state index >= 15 is 0 Å². The summed E-state index contributed by atoms with van der Waals surface area (Å²) in [6, 6.07) is 1.52. The summed E-state index contributed by atoms with van der Waals surface area (Å²) in [6.07, 6.45) is 5.19. The van der Waals surface area contributed by atoms with Gasteiger partial charge in [-0.05, 0) is 32.4 Å². The van der Waals surface area contributed by atoms with Crippen molar-refractivity contribution in [1.82, 2.24) is 4.31 Å². The van der Waals surface area contributed by atoms with Crippen molar-refractivity contribution >= 4 is 15.7 Å². The van der Waals surface area contributed by atoms with Crippen molar-refractivity contribution in [3.8, 4) is 12.3 Å². The second-order valence-electron chi connectivity index (χ2n) is 4.71. The monoisotopic (exact) mass is 310 g/mol. The topological polar surface area (TPSA) is 80.5 Å². The Morgan fingerprint density at radius 3 is 2.33 bits per heavy atom. The lowest BCUT2D eigenvalue weighted by atomic mass is 10.1. The summed E-state index contributed by atoms with van der Waals surface area (Å²) >= 11 is 0. The summed E-state index contributed by atoms with van der Waals surface area (Å²) < 4.78 is 26.5. The molecule has 0 aliphatic rings. The smallest absolute Gasteiger partial charge is 0.258 e. The highest BCUT2D eigenvalue weighted by atomic mass is 32.2. The van der Waals surface area contributed by atoms with Crippen molar-refractivity contribution in [2.75, 3.05) is 13.1 Å². The van der Waals surface area contributed by atoms with Crippen molar-refractivity contribution in [2.45, 2.75) is 32.6 Å². The van der Waals surface area contributed by atoms with Crippen LogP contribution in [-0.4, -0.2) is 30.7 Å². The van der Waals surface area contributed by atoms with Gasteiger partial charge in [0.25, 0.3) is 5.69 Å². The normalized spacial score (nSPS) is 11.4. The molecule has 1 aromatic rings. The van der Waals surface area contributed by atoms with Gasteiger partial charge < -0.3 is 0 Å². The maximum atomic E-state index is 12.7. The van der Waals surface area contributed by atoms with Crippen LogP contribution in [0.25, 0.3) is 0 Å². The van der Waals surface area contributed by atoms with E-state index < -0.39 is 14.9 Å². The molecule has 0 unspecified atom stereocenters. The standard InChI is InChI=1S/C14H18N2O4S/c1-6-8-15(7-2)21(19,20)14-11(4)9-10(3)13(12(14)5)16(17)18/h1,9H,7-8H2,2-5H3. The summed E-state index contributed by atoms with van der Waals surface area (Å²) in [4.78, 5) is 10.6. The Kier molecular flexibility index (Phi) is 5.10. The number of terminal acetylenes is 1. The lowest BCUT2D eigenvalue weighted by molar-refractivity contribution is -0.386. The molecule has 0 aromatic heterocycles. The maximum absolute atomic E-state index is 12.7. The third-order valence-electron chi connectivity index (χ3n) is 3.26. The molecule has 0 saturated carbocycles. The predicted molar refractivity (Wildman–Crippen MR) is 80.6 cm³/mol. The highest BCUT2D eigenvalue weighted by Gasteiger charge is 2.31. The Bertz CT molecular complexity index is 717. The van der Waals surface area contributed by atoms with Crippen LogP contribution in [-0.2, 0) is 10.0 Å². The largest absolute Gasteiger partial charge is 0.276 e. The van der Waals surface area contributed by atoms with Crippen molar-refractivity contribution < 1.29 is 13.3 Å². The van der Waals surface area contributed by atoms with E-state index in [0.717, 1.165) is 4.31 Å². The minimum Gasteiger partial charge on any atom is -0.258 e. The number of hydrogen-bond acceptors (Lipinski definition) is 4. The van der Waals surface area contributed by atoms with E-state index in [1.807, 2.05) is 0 Å². The van der Waals surface area contributed by atoms with Crippen LogP contribution in [0, 0.1) is 43.2 Å². The van der Waals surface area contributed by atoms with Gasteiger partial charge in [-0.3, -0.25) is 10.1 Å². The molecule has 6 nitrogen and oxygen atoms in total. The number of nitro benzene ring substituents is 1. The molecule has 0 aliphatic carbocycles. The summed E-state index contributed by atoms with van der Waals surface area (Å²) in [5, 5.41) is 11.2. The van der Waals surface area contributed by atoms with Gasteiger partial charge in [-0.2, -0.15) is 4.31 Å². The minimum atomic E-state index is -3.86. The Hall–Kier alpha value is -1.91.